The molecule has 0 spiro atoms. The number of carbonyl (C=O) groups excluding carboxylic acids is 4. The van der Waals surface area contributed by atoms with Crippen LogP contribution in [0.4, 0.5) is 0 Å². The highest BCUT2D eigenvalue weighted by atomic mass is 16.5. The van der Waals surface area contributed by atoms with Crippen LogP contribution >= 0.6 is 0 Å². The Morgan fingerprint density at radius 2 is 1.61 bits per heavy atom. The third-order valence-corrected chi connectivity index (χ3v) is 10.4. The maximum absolute atomic E-state index is 14.3. The predicted octanol–water partition coefficient (Wildman–Crippen LogP) is 5.59. The van der Waals surface area contributed by atoms with Crippen molar-refractivity contribution in [2.24, 2.45) is 17.8 Å². The van der Waals surface area contributed by atoms with E-state index in [0.717, 1.165) is 16.5 Å². The van der Waals surface area contributed by atoms with E-state index in [2.05, 4.69) is 52.9 Å². The number of carbonyl (C=O) groups is 4. The van der Waals surface area contributed by atoms with Gasteiger partial charge in [0.1, 0.15) is 0 Å². The number of rotatable bonds is 11. The van der Waals surface area contributed by atoms with Crippen molar-refractivity contribution in [1.82, 2.24) is 25.4 Å². The lowest BCUT2D eigenvalue weighted by Crippen LogP contribution is -2.56. The van der Waals surface area contributed by atoms with Crippen LogP contribution in [0.15, 0.2) is 79.0 Å². The first-order valence-corrected chi connectivity index (χ1v) is 18.9. The molecule has 3 N–H and O–H groups in total. The van der Waals surface area contributed by atoms with Crippen LogP contribution in [0.1, 0.15) is 62.5 Å². The molecule has 3 heterocycles. The average molecular weight is 738 g/mol. The van der Waals surface area contributed by atoms with Crippen molar-refractivity contribution in [2.75, 3.05) is 46.9 Å². The summed E-state index contributed by atoms with van der Waals surface area (Å²) < 4.78 is 11.3. The standard InChI is InChI=1S/C34H43N5O6.C9H12/c1-20(2)45-28-12-11-21(13-29(28)44-6)32(42)38-16-22-17-39(19-25(24(22)18-38)31(41)37-15-30(40)35-5)33(43)34(3,4)26-14-36-27-10-8-7-9-23(26)27;1-2-6-9-7-4-3-5-8-9/h7-14,20,22,24-25,36H,15-19H2,1-6H3,(H,35,40)(H,37,41);3-5,7-8H,2,6H2,1H3. The number of likely N-dealkylation sites (N-methyl/N-ethyl adjacent to an activating group) is 1. The summed E-state index contributed by atoms with van der Waals surface area (Å²) in [5.41, 5.74) is 2.85. The summed E-state index contributed by atoms with van der Waals surface area (Å²) in [5.74, 6) is -0.757. The summed E-state index contributed by atoms with van der Waals surface area (Å²) in [6.45, 7) is 11.1. The Morgan fingerprint density at radius 1 is 0.907 bits per heavy atom. The highest BCUT2D eigenvalue weighted by Crippen LogP contribution is 2.40. The number of piperidine rings is 1. The third kappa shape index (κ3) is 9.06. The van der Waals surface area contributed by atoms with E-state index < -0.39 is 11.3 Å². The molecule has 0 radical (unpaired) electrons. The molecule has 2 aliphatic rings. The molecule has 11 nitrogen and oxygen atoms in total. The number of aromatic nitrogens is 1. The molecule has 2 fully saturated rings. The number of ether oxygens (including phenoxy) is 2. The molecule has 4 aromatic rings. The molecule has 2 saturated heterocycles. The number of para-hydroxylation sites is 1. The van der Waals surface area contributed by atoms with Crippen LogP contribution < -0.4 is 20.1 Å². The summed E-state index contributed by atoms with van der Waals surface area (Å²) >= 11 is 0. The van der Waals surface area contributed by atoms with E-state index in [9.17, 15) is 19.2 Å². The zero-order valence-corrected chi connectivity index (χ0v) is 32.6. The number of amides is 4. The number of aromatic amines is 1. The van der Waals surface area contributed by atoms with E-state index >= 15 is 0 Å². The van der Waals surface area contributed by atoms with E-state index in [-0.39, 0.29) is 54.7 Å². The van der Waals surface area contributed by atoms with Gasteiger partial charge in [-0.1, -0.05) is 61.9 Å². The Kier molecular flexibility index (Phi) is 13.0. The van der Waals surface area contributed by atoms with Crippen LogP contribution in [-0.2, 0) is 26.2 Å². The Morgan fingerprint density at radius 3 is 2.30 bits per heavy atom. The fraction of sp³-hybridized carbons (Fsp3) is 0.442. The van der Waals surface area contributed by atoms with Gasteiger partial charge in [0.2, 0.25) is 17.7 Å². The number of fused-ring (bicyclic) bond motifs is 2. The van der Waals surface area contributed by atoms with Gasteiger partial charge in [0, 0.05) is 55.9 Å². The monoisotopic (exact) mass is 737 g/mol. The Bertz CT molecular complexity index is 1920. The number of H-pyrrole nitrogens is 1. The number of nitrogens with zero attached hydrogens (tertiary/aromatic N) is 2. The number of likely N-dealkylation sites (tertiary alicyclic amines) is 2. The quantitative estimate of drug-likeness (QED) is 0.184. The van der Waals surface area contributed by atoms with Gasteiger partial charge in [0.25, 0.3) is 5.91 Å². The van der Waals surface area contributed by atoms with Crippen molar-refractivity contribution in [3.05, 3.63) is 95.7 Å². The zero-order valence-electron chi connectivity index (χ0n) is 32.6. The molecular formula is C43H55N5O6. The van der Waals surface area contributed by atoms with E-state index in [1.807, 2.05) is 58.2 Å². The highest BCUT2D eigenvalue weighted by molar-refractivity contribution is 5.96. The molecule has 3 atom stereocenters. The average Bonchev–Trinajstić information content (AvgIpc) is 3.82. The van der Waals surface area contributed by atoms with Crippen molar-refractivity contribution >= 4 is 34.5 Å². The number of aryl methyl sites for hydroxylation is 1. The van der Waals surface area contributed by atoms with Gasteiger partial charge in [-0.05, 0) is 81.3 Å². The zero-order chi connectivity index (χ0) is 39.0. The Balaban J connectivity index is 0.000000546. The van der Waals surface area contributed by atoms with Crippen LogP contribution in [0, 0.1) is 17.8 Å². The molecule has 288 valence electrons. The van der Waals surface area contributed by atoms with Crippen molar-refractivity contribution in [2.45, 2.75) is 59.0 Å². The van der Waals surface area contributed by atoms with Gasteiger partial charge in [-0.2, -0.15) is 0 Å². The SMILES string of the molecule is CCCc1ccccc1.CNC(=O)CNC(=O)C1CN(C(=O)C(C)(C)c2c[nH]c3ccccc23)CC2CN(C(=O)c3ccc(OC(C)C)c(OC)c3)CC21. The molecule has 1 aromatic heterocycles. The van der Waals surface area contributed by atoms with E-state index in [4.69, 9.17) is 9.47 Å². The fourth-order valence-electron chi connectivity index (χ4n) is 7.64. The molecular weight excluding hydrogens is 683 g/mol. The van der Waals surface area contributed by atoms with Crippen molar-refractivity contribution < 1.29 is 28.7 Å². The molecule has 54 heavy (non-hydrogen) atoms. The fourth-order valence-corrected chi connectivity index (χ4v) is 7.64. The number of benzene rings is 3. The van der Waals surface area contributed by atoms with Gasteiger partial charge in [-0.3, -0.25) is 19.2 Å². The van der Waals surface area contributed by atoms with E-state index in [1.54, 1.807) is 28.0 Å². The van der Waals surface area contributed by atoms with Crippen molar-refractivity contribution in [3.8, 4) is 11.5 Å². The summed E-state index contributed by atoms with van der Waals surface area (Å²) in [5, 5.41) is 6.24. The largest absolute Gasteiger partial charge is 0.493 e. The topological polar surface area (TPSA) is 133 Å². The van der Waals surface area contributed by atoms with Crippen molar-refractivity contribution in [3.63, 3.8) is 0 Å². The number of hydrogen-bond donors (Lipinski definition) is 3. The molecule has 0 saturated carbocycles. The molecule has 2 aliphatic heterocycles. The maximum atomic E-state index is 14.3. The molecule has 11 heteroatoms. The van der Waals surface area contributed by atoms with Crippen LogP contribution in [0.2, 0.25) is 0 Å². The third-order valence-electron chi connectivity index (χ3n) is 10.4. The minimum absolute atomic E-state index is 0.0553. The van der Waals surface area contributed by atoms with Crippen LogP contribution in [0.25, 0.3) is 10.9 Å². The van der Waals surface area contributed by atoms with Gasteiger partial charge < -0.3 is 34.9 Å². The highest BCUT2D eigenvalue weighted by Gasteiger charge is 2.49. The minimum Gasteiger partial charge on any atom is -0.493 e. The van der Waals surface area contributed by atoms with Gasteiger partial charge in [-0.25, -0.2) is 0 Å². The second-order valence-electron chi connectivity index (χ2n) is 15.0. The Hall–Kier alpha value is -5.32. The molecule has 4 amide bonds. The number of hydrogen-bond acceptors (Lipinski definition) is 6. The summed E-state index contributed by atoms with van der Waals surface area (Å²) in [6, 6.07) is 23.6. The predicted molar refractivity (Wildman–Crippen MR) is 211 cm³/mol. The van der Waals surface area contributed by atoms with Crippen LogP contribution in [0.5, 0.6) is 11.5 Å². The Labute approximate surface area is 318 Å². The van der Waals surface area contributed by atoms with E-state index in [0.29, 0.717) is 36.7 Å². The molecule has 6 rings (SSSR count). The smallest absolute Gasteiger partial charge is 0.254 e. The molecule has 0 bridgehead atoms. The molecule has 3 unspecified atom stereocenters. The van der Waals surface area contributed by atoms with Gasteiger partial charge >= 0.3 is 0 Å². The van der Waals surface area contributed by atoms with Crippen molar-refractivity contribution in [1.29, 1.82) is 0 Å². The molecule has 3 aromatic carbocycles. The summed E-state index contributed by atoms with van der Waals surface area (Å²) in [7, 11) is 3.04. The lowest BCUT2D eigenvalue weighted by molar-refractivity contribution is -0.143. The second kappa shape index (κ2) is 17.7. The first-order valence-electron chi connectivity index (χ1n) is 18.9. The van der Waals surface area contributed by atoms with Crippen LogP contribution in [0.3, 0.4) is 0 Å². The van der Waals surface area contributed by atoms with Gasteiger partial charge in [-0.15, -0.1) is 0 Å². The summed E-state index contributed by atoms with van der Waals surface area (Å²) in [6.07, 6.45) is 4.27. The number of nitrogens with one attached hydrogen (secondary N) is 3. The van der Waals surface area contributed by atoms with Gasteiger partial charge in [0.15, 0.2) is 11.5 Å². The molecule has 0 aliphatic carbocycles. The first-order chi connectivity index (χ1) is 25.9. The lowest BCUT2D eigenvalue weighted by atomic mass is 9.77. The minimum atomic E-state index is -0.875. The normalized spacial score (nSPS) is 18.0. The second-order valence-corrected chi connectivity index (χ2v) is 15.0. The number of methoxy groups -OCH3 is 1. The first kappa shape index (κ1) is 39.9. The van der Waals surface area contributed by atoms with Crippen LogP contribution in [-0.4, -0.2) is 91.4 Å². The van der Waals surface area contributed by atoms with E-state index in [1.165, 1.54) is 32.6 Å². The van der Waals surface area contributed by atoms with Gasteiger partial charge in [0.05, 0.1) is 31.1 Å². The summed E-state index contributed by atoms with van der Waals surface area (Å²) in [4.78, 5) is 60.3. The maximum Gasteiger partial charge on any atom is 0.254 e. The lowest BCUT2D eigenvalue weighted by Gasteiger charge is -2.42.